The smallest absolute Gasteiger partial charge is 0.0632 e. The summed E-state index contributed by atoms with van der Waals surface area (Å²) < 4.78 is 0. The zero-order valence-corrected chi connectivity index (χ0v) is 20.2. The lowest BCUT2D eigenvalue weighted by Crippen LogP contribution is -2.42. The number of hydrogen-bond donors (Lipinski definition) is 0. The van der Waals surface area contributed by atoms with Crippen molar-refractivity contribution in [3.05, 3.63) is 95.2 Å². The molecule has 3 atom stereocenters. The average Bonchev–Trinajstić information content (AvgIpc) is 3.07. The molecule has 31 heavy (non-hydrogen) atoms. The summed E-state index contributed by atoms with van der Waals surface area (Å²) >= 11 is 0. The minimum atomic E-state index is -0.0281. The predicted octanol–water partition coefficient (Wildman–Crippen LogP) is 7.71. The molecule has 2 aromatic rings. The molecule has 2 aromatic carbocycles. The fraction of sp³-hybridized carbons (Fsp3) is 0.467. The molecule has 1 heterocycles. The molecule has 1 aliphatic carbocycles. The van der Waals surface area contributed by atoms with E-state index in [0.29, 0.717) is 17.8 Å². The molecule has 1 saturated heterocycles. The van der Waals surface area contributed by atoms with Gasteiger partial charge >= 0.3 is 0 Å². The lowest BCUT2D eigenvalue weighted by atomic mass is 9.75. The molecule has 1 nitrogen and oxygen atoms in total. The van der Waals surface area contributed by atoms with Gasteiger partial charge < -0.3 is 4.90 Å². The lowest BCUT2D eigenvalue weighted by Gasteiger charge is -2.45. The molecule has 4 rings (SSSR count). The maximum absolute atomic E-state index is 2.82. The van der Waals surface area contributed by atoms with Crippen molar-refractivity contribution in [3.63, 3.8) is 0 Å². The molecule has 1 aliphatic heterocycles. The Hall–Kier alpha value is -2.28. The second kappa shape index (κ2) is 8.34. The molecule has 0 N–H and O–H groups in total. The molecular weight excluding hydrogens is 374 g/mol. The highest BCUT2D eigenvalue weighted by Gasteiger charge is 2.52. The van der Waals surface area contributed by atoms with Crippen LogP contribution in [0.3, 0.4) is 0 Å². The molecule has 0 amide bonds. The van der Waals surface area contributed by atoms with Crippen LogP contribution in [0.1, 0.15) is 65.5 Å². The van der Waals surface area contributed by atoms with Gasteiger partial charge in [0.05, 0.1) is 5.54 Å². The lowest BCUT2D eigenvalue weighted by molar-refractivity contribution is 0.166. The van der Waals surface area contributed by atoms with E-state index in [9.17, 15) is 0 Å². The topological polar surface area (TPSA) is 3.24 Å². The number of rotatable bonds is 5. The monoisotopic (exact) mass is 413 g/mol. The van der Waals surface area contributed by atoms with Gasteiger partial charge in [0, 0.05) is 23.6 Å². The van der Waals surface area contributed by atoms with Crippen LogP contribution in [0.4, 0.5) is 0 Å². The molecule has 2 unspecified atom stereocenters. The second-order valence-corrected chi connectivity index (χ2v) is 10.8. The zero-order chi connectivity index (χ0) is 22.2. The first kappa shape index (κ1) is 21.9. The van der Waals surface area contributed by atoms with Gasteiger partial charge in [0.1, 0.15) is 0 Å². The van der Waals surface area contributed by atoms with Crippen LogP contribution in [-0.4, -0.2) is 11.4 Å². The van der Waals surface area contributed by atoms with Crippen molar-refractivity contribution >= 4 is 0 Å². The minimum Gasteiger partial charge on any atom is -0.364 e. The number of benzene rings is 2. The van der Waals surface area contributed by atoms with Crippen LogP contribution < -0.4 is 0 Å². The van der Waals surface area contributed by atoms with Crippen molar-refractivity contribution in [2.24, 2.45) is 17.8 Å². The highest BCUT2D eigenvalue weighted by Crippen LogP contribution is 2.53. The number of hydrogen-bond acceptors (Lipinski definition) is 1. The molecule has 0 bridgehead atoms. The first-order valence-electron chi connectivity index (χ1n) is 12.1. The summed E-state index contributed by atoms with van der Waals surface area (Å²) in [5, 5.41) is 0. The van der Waals surface area contributed by atoms with E-state index in [4.69, 9.17) is 0 Å². The van der Waals surface area contributed by atoms with E-state index in [1.165, 1.54) is 16.7 Å². The van der Waals surface area contributed by atoms with E-state index in [1.807, 2.05) is 0 Å². The van der Waals surface area contributed by atoms with E-state index >= 15 is 0 Å². The Balaban J connectivity index is 1.91. The molecule has 164 valence electrons. The van der Waals surface area contributed by atoms with Crippen molar-refractivity contribution in [1.29, 1.82) is 0 Å². The third-order valence-electron chi connectivity index (χ3n) is 7.76. The maximum atomic E-state index is 2.82. The molecule has 0 aromatic heterocycles. The predicted molar refractivity (Wildman–Crippen MR) is 133 cm³/mol. The Labute approximate surface area is 189 Å². The highest BCUT2D eigenvalue weighted by molar-refractivity contribution is 5.40. The summed E-state index contributed by atoms with van der Waals surface area (Å²) in [6, 6.07) is 22.4. The van der Waals surface area contributed by atoms with Crippen molar-refractivity contribution in [2.45, 2.75) is 65.3 Å². The van der Waals surface area contributed by atoms with Crippen LogP contribution in [0.5, 0.6) is 0 Å². The Bertz CT molecular complexity index is 952. The van der Waals surface area contributed by atoms with E-state index < -0.39 is 0 Å². The molecule has 0 saturated carbocycles. The van der Waals surface area contributed by atoms with E-state index in [0.717, 1.165) is 19.4 Å². The van der Waals surface area contributed by atoms with Gasteiger partial charge in [-0.1, -0.05) is 107 Å². The Morgan fingerprint density at radius 3 is 1.97 bits per heavy atom. The fourth-order valence-electron chi connectivity index (χ4n) is 6.06. The summed E-state index contributed by atoms with van der Waals surface area (Å²) in [6.45, 7) is 15.5. The summed E-state index contributed by atoms with van der Waals surface area (Å²) in [7, 11) is 0. The fourth-order valence-corrected chi connectivity index (χ4v) is 6.06. The van der Waals surface area contributed by atoms with Crippen molar-refractivity contribution in [2.75, 3.05) is 6.54 Å². The average molecular weight is 414 g/mol. The highest BCUT2D eigenvalue weighted by atomic mass is 15.3. The summed E-state index contributed by atoms with van der Waals surface area (Å²) in [4.78, 5) is 2.82. The van der Waals surface area contributed by atoms with E-state index in [2.05, 4.69) is 119 Å². The molecule has 1 fully saturated rings. The number of likely N-dealkylation sites (tertiary alicyclic amines) is 1. The van der Waals surface area contributed by atoms with Gasteiger partial charge in [-0.3, -0.25) is 0 Å². The van der Waals surface area contributed by atoms with Gasteiger partial charge in [-0.25, -0.2) is 0 Å². The normalized spacial score (nSPS) is 28.8. The van der Waals surface area contributed by atoms with Gasteiger partial charge in [-0.05, 0) is 48.3 Å². The molecule has 0 spiro atoms. The van der Waals surface area contributed by atoms with Gasteiger partial charge in [0.15, 0.2) is 0 Å². The SMILES string of the molecule is CC(C)C1=C(N2CC(C)(c3ccccc3)CC2(C)c2ccccc2)[C@H](C(C)C)CC=C1. The van der Waals surface area contributed by atoms with Crippen molar-refractivity contribution in [3.8, 4) is 0 Å². The van der Waals surface area contributed by atoms with Gasteiger partial charge in [0.25, 0.3) is 0 Å². The number of allylic oxidation sites excluding steroid dienone is 4. The first-order chi connectivity index (χ1) is 14.8. The third-order valence-corrected chi connectivity index (χ3v) is 7.76. The Morgan fingerprint density at radius 2 is 1.42 bits per heavy atom. The number of nitrogens with zero attached hydrogens (tertiary/aromatic N) is 1. The first-order valence-corrected chi connectivity index (χ1v) is 12.1. The van der Waals surface area contributed by atoms with Crippen LogP contribution in [0, 0.1) is 17.8 Å². The van der Waals surface area contributed by atoms with Crippen LogP contribution in [-0.2, 0) is 11.0 Å². The summed E-state index contributed by atoms with van der Waals surface area (Å²) in [5.74, 6) is 1.72. The van der Waals surface area contributed by atoms with Gasteiger partial charge in [-0.2, -0.15) is 0 Å². The van der Waals surface area contributed by atoms with Crippen LogP contribution in [0.2, 0.25) is 0 Å². The zero-order valence-electron chi connectivity index (χ0n) is 20.2. The second-order valence-electron chi connectivity index (χ2n) is 10.8. The standard InChI is InChI=1S/C30H39N/c1-22(2)26-18-13-19-27(23(3)4)28(26)31-21-29(5,24-14-9-7-10-15-24)20-30(31,6)25-16-11-8-12-17-25/h7-18,22-23,27H,19-21H2,1-6H3/t27-,29?,30?/m0/s1. The molecule has 0 radical (unpaired) electrons. The minimum absolute atomic E-state index is 0.0281. The Kier molecular flexibility index (Phi) is 5.90. The molecule has 2 aliphatic rings. The van der Waals surface area contributed by atoms with Gasteiger partial charge in [0.2, 0.25) is 0 Å². The largest absolute Gasteiger partial charge is 0.364 e. The van der Waals surface area contributed by atoms with E-state index in [-0.39, 0.29) is 11.0 Å². The van der Waals surface area contributed by atoms with Crippen LogP contribution in [0.15, 0.2) is 84.1 Å². The Morgan fingerprint density at radius 1 is 0.839 bits per heavy atom. The summed E-state index contributed by atoms with van der Waals surface area (Å²) in [5.41, 5.74) is 6.10. The quantitative estimate of drug-likeness (QED) is 0.485. The molecule has 1 heteroatoms. The van der Waals surface area contributed by atoms with Crippen LogP contribution in [0.25, 0.3) is 0 Å². The maximum Gasteiger partial charge on any atom is 0.0632 e. The molecular formula is C30H39N. The summed E-state index contributed by atoms with van der Waals surface area (Å²) in [6.07, 6.45) is 7.10. The van der Waals surface area contributed by atoms with Gasteiger partial charge in [-0.15, -0.1) is 0 Å². The van der Waals surface area contributed by atoms with Crippen molar-refractivity contribution < 1.29 is 0 Å². The van der Waals surface area contributed by atoms with E-state index in [1.54, 1.807) is 5.70 Å². The third kappa shape index (κ3) is 3.88. The van der Waals surface area contributed by atoms with Crippen LogP contribution >= 0.6 is 0 Å². The van der Waals surface area contributed by atoms with Crippen molar-refractivity contribution in [1.82, 2.24) is 4.90 Å².